The van der Waals surface area contributed by atoms with Gasteiger partial charge >= 0.3 is 0 Å². The van der Waals surface area contributed by atoms with Crippen LogP contribution < -0.4 is 4.74 Å². The lowest BCUT2D eigenvalue weighted by Gasteiger charge is -2.18. The molecule has 1 aromatic rings. The van der Waals surface area contributed by atoms with E-state index in [0.29, 0.717) is 5.56 Å². The molecule has 1 aliphatic rings. The first-order valence-electron chi connectivity index (χ1n) is 4.39. The summed E-state index contributed by atoms with van der Waals surface area (Å²) < 4.78 is 5.39. The first kappa shape index (κ1) is 8.53. The molecule has 0 fully saturated rings. The van der Waals surface area contributed by atoms with Gasteiger partial charge in [0.25, 0.3) is 0 Å². The Bertz CT molecular complexity index is 307. The largest absolute Gasteiger partial charge is 0.493 e. The smallest absolute Gasteiger partial charge is 0.178 e. The van der Waals surface area contributed by atoms with Crippen LogP contribution in [0.2, 0.25) is 0 Å². The van der Waals surface area contributed by atoms with Crippen LogP contribution in [-0.2, 0) is 6.42 Å². The molecule has 0 radical (unpaired) electrons. The van der Waals surface area contributed by atoms with Gasteiger partial charge in [0, 0.05) is 5.56 Å². The SMILES string of the molecule is OC(O)c1ccc2c(c1)CCCO2. The summed E-state index contributed by atoms with van der Waals surface area (Å²) in [5.74, 6) is 0.871. The molecule has 1 aromatic carbocycles. The van der Waals surface area contributed by atoms with Crippen molar-refractivity contribution in [3.05, 3.63) is 29.3 Å². The van der Waals surface area contributed by atoms with E-state index in [1.807, 2.05) is 0 Å². The normalized spacial score (nSPS) is 15.3. The summed E-state index contributed by atoms with van der Waals surface area (Å²) in [5.41, 5.74) is 1.60. The minimum Gasteiger partial charge on any atom is -0.493 e. The first-order chi connectivity index (χ1) is 6.27. The third-order valence-corrected chi connectivity index (χ3v) is 2.23. The van der Waals surface area contributed by atoms with Crippen LogP contribution in [0.25, 0.3) is 0 Å². The Hall–Kier alpha value is -1.06. The summed E-state index contributed by atoms with van der Waals surface area (Å²) >= 11 is 0. The number of aliphatic hydroxyl groups excluding tert-OH is 1. The van der Waals surface area contributed by atoms with Gasteiger partial charge in [-0.15, -0.1) is 0 Å². The molecule has 0 unspecified atom stereocenters. The summed E-state index contributed by atoms with van der Waals surface area (Å²) in [7, 11) is 0. The number of hydrogen-bond donors (Lipinski definition) is 2. The molecule has 0 bridgehead atoms. The van der Waals surface area contributed by atoms with Crippen LogP contribution >= 0.6 is 0 Å². The molecule has 0 saturated carbocycles. The fourth-order valence-electron chi connectivity index (χ4n) is 1.54. The van der Waals surface area contributed by atoms with Crippen molar-refractivity contribution in [3.63, 3.8) is 0 Å². The quantitative estimate of drug-likeness (QED) is 0.634. The molecule has 1 heterocycles. The van der Waals surface area contributed by atoms with Crippen molar-refractivity contribution >= 4 is 0 Å². The van der Waals surface area contributed by atoms with Gasteiger partial charge in [-0.25, -0.2) is 0 Å². The van der Waals surface area contributed by atoms with Gasteiger partial charge in [-0.2, -0.15) is 0 Å². The molecule has 13 heavy (non-hydrogen) atoms. The molecule has 3 nitrogen and oxygen atoms in total. The van der Waals surface area contributed by atoms with Crippen molar-refractivity contribution in [1.82, 2.24) is 0 Å². The molecule has 70 valence electrons. The second-order valence-corrected chi connectivity index (χ2v) is 3.19. The van der Waals surface area contributed by atoms with E-state index in [-0.39, 0.29) is 0 Å². The van der Waals surface area contributed by atoms with Crippen LogP contribution in [0.15, 0.2) is 18.2 Å². The lowest BCUT2D eigenvalue weighted by atomic mass is 10.0. The Labute approximate surface area is 76.6 Å². The van der Waals surface area contributed by atoms with Crippen molar-refractivity contribution in [2.24, 2.45) is 0 Å². The third-order valence-electron chi connectivity index (χ3n) is 2.23. The number of aliphatic hydroxyl groups is 2. The molecular formula is C10H12O3. The lowest BCUT2D eigenvalue weighted by molar-refractivity contribution is -0.0425. The second kappa shape index (κ2) is 3.36. The van der Waals surface area contributed by atoms with E-state index in [2.05, 4.69) is 0 Å². The zero-order valence-electron chi connectivity index (χ0n) is 7.23. The van der Waals surface area contributed by atoms with Gasteiger partial charge in [-0.05, 0) is 30.5 Å². The lowest BCUT2D eigenvalue weighted by Crippen LogP contribution is -2.09. The number of aryl methyl sites for hydroxylation is 1. The zero-order valence-corrected chi connectivity index (χ0v) is 7.23. The summed E-state index contributed by atoms with van der Waals surface area (Å²) in [5, 5.41) is 17.9. The van der Waals surface area contributed by atoms with Crippen LogP contribution in [0.4, 0.5) is 0 Å². The number of hydrogen-bond acceptors (Lipinski definition) is 3. The van der Waals surface area contributed by atoms with E-state index in [4.69, 9.17) is 14.9 Å². The number of fused-ring (bicyclic) bond motifs is 1. The topological polar surface area (TPSA) is 49.7 Å². The Balaban J connectivity index is 2.35. The van der Waals surface area contributed by atoms with E-state index in [9.17, 15) is 0 Å². The van der Waals surface area contributed by atoms with Gasteiger partial charge < -0.3 is 14.9 Å². The van der Waals surface area contributed by atoms with Gasteiger partial charge in [0.1, 0.15) is 5.75 Å². The van der Waals surface area contributed by atoms with E-state index in [1.54, 1.807) is 18.2 Å². The predicted molar refractivity (Wildman–Crippen MR) is 47.4 cm³/mol. The van der Waals surface area contributed by atoms with Crippen molar-refractivity contribution < 1.29 is 14.9 Å². The summed E-state index contributed by atoms with van der Waals surface area (Å²) in [6, 6.07) is 5.26. The van der Waals surface area contributed by atoms with Crippen molar-refractivity contribution in [3.8, 4) is 5.75 Å². The standard InChI is InChI=1S/C10H12O3/c11-10(12)8-3-4-9-7(6-8)2-1-5-13-9/h3-4,6,10-12H,1-2,5H2. The molecule has 2 rings (SSSR count). The highest BCUT2D eigenvalue weighted by atomic mass is 16.5. The van der Waals surface area contributed by atoms with Gasteiger partial charge in [0.2, 0.25) is 0 Å². The minimum absolute atomic E-state index is 0.532. The average Bonchev–Trinajstić information content (AvgIpc) is 2.17. The number of rotatable bonds is 1. The van der Waals surface area contributed by atoms with Crippen LogP contribution in [0.3, 0.4) is 0 Å². The van der Waals surface area contributed by atoms with Crippen molar-refractivity contribution in [2.75, 3.05) is 6.61 Å². The fraction of sp³-hybridized carbons (Fsp3) is 0.400. The number of ether oxygens (including phenoxy) is 1. The van der Waals surface area contributed by atoms with E-state index in [1.165, 1.54) is 0 Å². The van der Waals surface area contributed by atoms with Crippen LogP contribution in [0, 0.1) is 0 Å². The molecule has 0 spiro atoms. The molecule has 1 aliphatic heterocycles. The van der Waals surface area contributed by atoms with Gasteiger partial charge in [-0.1, -0.05) is 6.07 Å². The molecular weight excluding hydrogens is 168 g/mol. The molecule has 0 aliphatic carbocycles. The second-order valence-electron chi connectivity index (χ2n) is 3.19. The van der Waals surface area contributed by atoms with Crippen LogP contribution in [-0.4, -0.2) is 16.8 Å². The van der Waals surface area contributed by atoms with Gasteiger partial charge in [0.15, 0.2) is 6.29 Å². The highest BCUT2D eigenvalue weighted by Gasteiger charge is 2.12. The molecule has 0 atom stereocenters. The maximum absolute atomic E-state index is 8.94. The molecule has 3 heteroatoms. The molecule has 2 N–H and O–H groups in total. The monoisotopic (exact) mass is 180 g/mol. The number of benzene rings is 1. The van der Waals surface area contributed by atoms with E-state index >= 15 is 0 Å². The predicted octanol–water partition coefficient (Wildman–Crippen LogP) is 0.995. The summed E-state index contributed by atoms with van der Waals surface area (Å²) in [6.45, 7) is 0.758. The minimum atomic E-state index is -1.38. The zero-order chi connectivity index (χ0) is 9.26. The maximum Gasteiger partial charge on any atom is 0.178 e. The van der Waals surface area contributed by atoms with Gasteiger partial charge in [-0.3, -0.25) is 0 Å². The average molecular weight is 180 g/mol. The maximum atomic E-state index is 8.94. The molecule has 0 amide bonds. The molecule has 0 aromatic heterocycles. The third kappa shape index (κ3) is 1.66. The molecule has 0 saturated heterocycles. The van der Waals surface area contributed by atoms with Crippen molar-refractivity contribution in [2.45, 2.75) is 19.1 Å². The summed E-state index contributed by atoms with van der Waals surface area (Å²) in [4.78, 5) is 0. The van der Waals surface area contributed by atoms with E-state index in [0.717, 1.165) is 30.8 Å². The highest BCUT2D eigenvalue weighted by molar-refractivity contribution is 5.38. The van der Waals surface area contributed by atoms with Crippen LogP contribution in [0.1, 0.15) is 23.8 Å². The van der Waals surface area contributed by atoms with Crippen molar-refractivity contribution in [1.29, 1.82) is 0 Å². The summed E-state index contributed by atoms with van der Waals surface area (Å²) in [6.07, 6.45) is 0.570. The van der Waals surface area contributed by atoms with Gasteiger partial charge in [0.05, 0.1) is 6.61 Å². The Morgan fingerprint density at radius 3 is 2.92 bits per heavy atom. The Morgan fingerprint density at radius 2 is 2.15 bits per heavy atom. The fourth-order valence-corrected chi connectivity index (χ4v) is 1.54. The van der Waals surface area contributed by atoms with Crippen LogP contribution in [0.5, 0.6) is 5.75 Å². The first-order valence-corrected chi connectivity index (χ1v) is 4.39. The Morgan fingerprint density at radius 1 is 1.31 bits per heavy atom. The highest BCUT2D eigenvalue weighted by Crippen LogP contribution is 2.26. The Kier molecular flexibility index (Phi) is 2.20. The van der Waals surface area contributed by atoms with E-state index < -0.39 is 6.29 Å².